The largest absolute Gasteiger partial charge is 0.441 e. The van der Waals surface area contributed by atoms with Gasteiger partial charge in [-0.25, -0.2) is 9.18 Å². The zero-order valence-corrected chi connectivity index (χ0v) is 10.7. The van der Waals surface area contributed by atoms with Crippen LogP contribution in [0.15, 0.2) is 24.3 Å². The van der Waals surface area contributed by atoms with Crippen LogP contribution in [0.25, 0.3) is 0 Å². The number of amides is 1. The molecule has 1 spiro atoms. The van der Waals surface area contributed by atoms with Crippen LogP contribution in [0.1, 0.15) is 18.4 Å². The highest BCUT2D eigenvalue weighted by molar-refractivity contribution is 5.70. The molecule has 0 aliphatic carbocycles. The number of ether oxygens (including phenoxy) is 1. The molecule has 1 N–H and O–H groups in total. The number of benzene rings is 1. The van der Waals surface area contributed by atoms with Crippen molar-refractivity contribution in [3.8, 4) is 0 Å². The Hall–Kier alpha value is -1.62. The van der Waals surface area contributed by atoms with E-state index in [1.165, 1.54) is 12.1 Å². The van der Waals surface area contributed by atoms with Crippen molar-refractivity contribution >= 4 is 6.09 Å². The first-order chi connectivity index (χ1) is 9.17. The fourth-order valence-electron chi connectivity index (χ4n) is 2.81. The lowest BCUT2D eigenvalue weighted by molar-refractivity contribution is 0.0316. The Kier molecular flexibility index (Phi) is 3.14. The zero-order valence-electron chi connectivity index (χ0n) is 10.7. The quantitative estimate of drug-likeness (QED) is 0.887. The normalized spacial score (nSPS) is 21.7. The van der Waals surface area contributed by atoms with E-state index in [2.05, 4.69) is 5.32 Å². The number of halogens is 1. The van der Waals surface area contributed by atoms with Gasteiger partial charge in [-0.05, 0) is 30.8 Å². The number of piperidine rings is 1. The Morgan fingerprint density at radius 3 is 2.89 bits per heavy atom. The van der Waals surface area contributed by atoms with Gasteiger partial charge in [-0.2, -0.15) is 0 Å². The number of rotatable bonds is 2. The van der Waals surface area contributed by atoms with Crippen molar-refractivity contribution in [1.82, 2.24) is 10.2 Å². The maximum atomic E-state index is 13.1. The summed E-state index contributed by atoms with van der Waals surface area (Å²) in [6.07, 6.45) is 1.41. The Morgan fingerprint density at radius 2 is 2.16 bits per heavy atom. The van der Waals surface area contributed by atoms with Crippen LogP contribution in [0.5, 0.6) is 0 Å². The van der Waals surface area contributed by atoms with E-state index < -0.39 is 0 Å². The summed E-state index contributed by atoms with van der Waals surface area (Å²) >= 11 is 0. The standard InChI is InChI=1S/C14H17FN2O2/c15-12-3-1-2-11(8-12)9-17-10-14(19-13(17)18)4-6-16-7-5-14/h1-3,8,16H,4-7,9-10H2. The number of nitrogens with zero attached hydrogens (tertiary/aromatic N) is 1. The minimum absolute atomic E-state index is 0.276. The van der Waals surface area contributed by atoms with E-state index in [9.17, 15) is 9.18 Å². The molecule has 1 amide bonds. The van der Waals surface area contributed by atoms with Crippen molar-refractivity contribution in [2.75, 3.05) is 19.6 Å². The van der Waals surface area contributed by atoms with Gasteiger partial charge >= 0.3 is 6.09 Å². The second-order valence-electron chi connectivity index (χ2n) is 5.29. The van der Waals surface area contributed by atoms with E-state index in [1.807, 2.05) is 6.07 Å². The first kappa shape index (κ1) is 12.4. The summed E-state index contributed by atoms with van der Waals surface area (Å²) in [6, 6.07) is 6.34. The molecule has 3 rings (SSSR count). The zero-order chi connectivity index (χ0) is 13.3. The number of nitrogens with one attached hydrogen (secondary N) is 1. The first-order valence-electron chi connectivity index (χ1n) is 6.60. The third kappa shape index (κ3) is 2.56. The average molecular weight is 264 g/mol. The molecule has 1 aromatic rings. The summed E-state index contributed by atoms with van der Waals surface area (Å²) < 4.78 is 18.7. The number of carbonyl (C=O) groups is 1. The van der Waals surface area contributed by atoms with Gasteiger partial charge in [-0.15, -0.1) is 0 Å². The molecule has 2 heterocycles. The average Bonchev–Trinajstić information content (AvgIpc) is 2.66. The van der Waals surface area contributed by atoms with E-state index in [0.29, 0.717) is 13.1 Å². The van der Waals surface area contributed by atoms with Crippen LogP contribution in [0.2, 0.25) is 0 Å². The van der Waals surface area contributed by atoms with Gasteiger partial charge in [0.2, 0.25) is 0 Å². The monoisotopic (exact) mass is 264 g/mol. The van der Waals surface area contributed by atoms with Gasteiger partial charge in [0.25, 0.3) is 0 Å². The fourth-order valence-corrected chi connectivity index (χ4v) is 2.81. The third-order valence-corrected chi connectivity index (χ3v) is 3.82. The lowest BCUT2D eigenvalue weighted by Crippen LogP contribution is -2.44. The van der Waals surface area contributed by atoms with Gasteiger partial charge in [-0.1, -0.05) is 12.1 Å². The molecule has 1 aromatic carbocycles. The van der Waals surface area contributed by atoms with Crippen LogP contribution >= 0.6 is 0 Å². The lowest BCUT2D eigenvalue weighted by Gasteiger charge is -2.31. The van der Waals surface area contributed by atoms with E-state index in [4.69, 9.17) is 4.74 Å². The van der Waals surface area contributed by atoms with Crippen molar-refractivity contribution in [3.63, 3.8) is 0 Å². The Bertz CT molecular complexity index is 486. The molecule has 102 valence electrons. The Labute approximate surface area is 111 Å². The predicted molar refractivity (Wildman–Crippen MR) is 68.1 cm³/mol. The van der Waals surface area contributed by atoms with Crippen LogP contribution in [-0.2, 0) is 11.3 Å². The maximum Gasteiger partial charge on any atom is 0.410 e. The minimum atomic E-state index is -0.338. The summed E-state index contributed by atoms with van der Waals surface area (Å²) in [4.78, 5) is 13.6. The molecule has 19 heavy (non-hydrogen) atoms. The highest BCUT2D eigenvalue weighted by Gasteiger charge is 2.45. The van der Waals surface area contributed by atoms with Crippen LogP contribution in [0.4, 0.5) is 9.18 Å². The highest BCUT2D eigenvalue weighted by atomic mass is 19.1. The van der Waals surface area contributed by atoms with Gasteiger partial charge in [0.15, 0.2) is 0 Å². The van der Waals surface area contributed by atoms with Crippen molar-refractivity contribution in [2.45, 2.75) is 25.0 Å². The Morgan fingerprint density at radius 1 is 1.37 bits per heavy atom. The van der Waals surface area contributed by atoms with Crippen molar-refractivity contribution in [3.05, 3.63) is 35.6 Å². The summed E-state index contributed by atoms with van der Waals surface area (Å²) in [7, 11) is 0. The SMILES string of the molecule is O=C1OC2(CCNCC2)CN1Cc1cccc(F)c1. The summed E-state index contributed by atoms with van der Waals surface area (Å²) in [6.45, 7) is 2.76. The molecular formula is C14H17FN2O2. The highest BCUT2D eigenvalue weighted by Crippen LogP contribution is 2.31. The molecule has 0 saturated carbocycles. The van der Waals surface area contributed by atoms with Gasteiger partial charge in [0.1, 0.15) is 11.4 Å². The molecule has 0 aromatic heterocycles. The minimum Gasteiger partial charge on any atom is -0.441 e. The molecule has 0 radical (unpaired) electrons. The van der Waals surface area contributed by atoms with E-state index in [0.717, 1.165) is 31.5 Å². The number of hydrogen-bond donors (Lipinski definition) is 1. The predicted octanol–water partition coefficient (Wildman–Crippen LogP) is 1.90. The summed E-state index contributed by atoms with van der Waals surface area (Å²) in [5, 5.41) is 3.26. The summed E-state index contributed by atoms with van der Waals surface area (Å²) in [5.41, 5.74) is 0.457. The molecule has 2 aliphatic rings. The number of carbonyl (C=O) groups excluding carboxylic acids is 1. The molecule has 0 bridgehead atoms. The molecule has 2 saturated heterocycles. The van der Waals surface area contributed by atoms with Crippen LogP contribution in [0, 0.1) is 5.82 Å². The fraction of sp³-hybridized carbons (Fsp3) is 0.500. The lowest BCUT2D eigenvalue weighted by atomic mass is 9.92. The van der Waals surface area contributed by atoms with Crippen LogP contribution in [0.3, 0.4) is 0 Å². The molecule has 2 aliphatic heterocycles. The van der Waals surface area contributed by atoms with Crippen LogP contribution < -0.4 is 5.32 Å². The summed E-state index contributed by atoms with van der Waals surface area (Å²) in [5.74, 6) is -0.276. The van der Waals surface area contributed by atoms with Gasteiger partial charge in [-0.3, -0.25) is 4.90 Å². The molecule has 5 heteroatoms. The van der Waals surface area contributed by atoms with Gasteiger partial charge in [0, 0.05) is 19.4 Å². The van der Waals surface area contributed by atoms with E-state index in [-0.39, 0.29) is 17.5 Å². The molecule has 0 unspecified atom stereocenters. The third-order valence-electron chi connectivity index (χ3n) is 3.82. The van der Waals surface area contributed by atoms with E-state index >= 15 is 0 Å². The Balaban J connectivity index is 1.70. The van der Waals surface area contributed by atoms with Crippen LogP contribution in [-0.4, -0.2) is 36.2 Å². The van der Waals surface area contributed by atoms with Gasteiger partial charge in [0.05, 0.1) is 6.54 Å². The molecule has 2 fully saturated rings. The molecular weight excluding hydrogens is 247 g/mol. The first-order valence-corrected chi connectivity index (χ1v) is 6.60. The second-order valence-corrected chi connectivity index (χ2v) is 5.29. The molecule has 0 atom stereocenters. The molecule has 4 nitrogen and oxygen atoms in total. The van der Waals surface area contributed by atoms with E-state index in [1.54, 1.807) is 11.0 Å². The smallest absolute Gasteiger partial charge is 0.410 e. The van der Waals surface area contributed by atoms with Crippen molar-refractivity contribution in [1.29, 1.82) is 0 Å². The number of hydrogen-bond acceptors (Lipinski definition) is 3. The van der Waals surface area contributed by atoms with Crippen molar-refractivity contribution in [2.24, 2.45) is 0 Å². The topological polar surface area (TPSA) is 41.6 Å². The second kappa shape index (κ2) is 4.81. The van der Waals surface area contributed by atoms with Crippen molar-refractivity contribution < 1.29 is 13.9 Å². The maximum absolute atomic E-state index is 13.1. The van der Waals surface area contributed by atoms with Gasteiger partial charge < -0.3 is 10.1 Å².